The molecule has 1 aromatic heterocycles. The Morgan fingerprint density at radius 1 is 1.36 bits per heavy atom. The molecule has 0 unspecified atom stereocenters. The minimum Gasteiger partial charge on any atom is -0.482 e. The molecule has 1 heterocycles. The largest absolute Gasteiger partial charge is 0.482 e. The highest BCUT2D eigenvalue weighted by Gasteiger charge is 2.29. The van der Waals surface area contributed by atoms with Gasteiger partial charge in [0.1, 0.15) is 11.5 Å². The molecule has 9 heteroatoms. The molecule has 1 N–H and O–H groups in total. The third-order valence-electron chi connectivity index (χ3n) is 3.39. The van der Waals surface area contributed by atoms with E-state index in [4.69, 9.17) is 20.9 Å². The molecule has 1 aromatic carbocycles. The van der Waals surface area contributed by atoms with Crippen molar-refractivity contribution in [1.82, 2.24) is 5.16 Å². The first kappa shape index (κ1) is 19.1. The fourth-order valence-corrected chi connectivity index (χ4v) is 2.37. The summed E-state index contributed by atoms with van der Waals surface area (Å²) in [7, 11) is 0. The summed E-state index contributed by atoms with van der Waals surface area (Å²) in [5.41, 5.74) is 1.61. The number of alkyl halides is 3. The smallest absolute Gasteiger partial charge is 0.422 e. The Morgan fingerprint density at radius 3 is 2.68 bits per heavy atom. The Kier molecular flexibility index (Phi) is 5.94. The van der Waals surface area contributed by atoms with Crippen molar-refractivity contribution in [1.29, 1.82) is 0 Å². The summed E-state index contributed by atoms with van der Waals surface area (Å²) in [4.78, 5) is 12.1. The van der Waals surface area contributed by atoms with E-state index in [-0.39, 0.29) is 28.8 Å². The van der Waals surface area contributed by atoms with Gasteiger partial charge in [-0.1, -0.05) is 16.8 Å². The third kappa shape index (κ3) is 5.67. The second-order valence-corrected chi connectivity index (χ2v) is 5.83. The minimum atomic E-state index is -4.48. The lowest BCUT2D eigenvalue weighted by Gasteiger charge is -2.14. The van der Waals surface area contributed by atoms with Gasteiger partial charge >= 0.3 is 6.18 Å². The van der Waals surface area contributed by atoms with Crippen LogP contribution in [-0.2, 0) is 11.2 Å². The number of aryl methyl sites for hydroxylation is 2. The molecule has 0 spiro atoms. The number of ether oxygens (including phenoxy) is 1. The van der Waals surface area contributed by atoms with Gasteiger partial charge in [-0.15, -0.1) is 0 Å². The number of carbonyl (C=O) groups is 1. The minimum absolute atomic E-state index is 0.0838. The van der Waals surface area contributed by atoms with E-state index in [1.54, 1.807) is 13.8 Å². The van der Waals surface area contributed by atoms with Crippen molar-refractivity contribution in [2.75, 3.05) is 11.9 Å². The third-order valence-corrected chi connectivity index (χ3v) is 3.63. The van der Waals surface area contributed by atoms with Crippen LogP contribution in [0.3, 0.4) is 0 Å². The van der Waals surface area contributed by atoms with Crippen molar-refractivity contribution in [3.05, 3.63) is 40.2 Å². The summed E-state index contributed by atoms with van der Waals surface area (Å²) in [5.74, 6) is 0.133. The van der Waals surface area contributed by atoms with Crippen LogP contribution in [0.2, 0.25) is 5.02 Å². The fourth-order valence-electron chi connectivity index (χ4n) is 2.20. The molecule has 1 amide bonds. The Balaban J connectivity index is 2.03. The molecule has 0 bridgehead atoms. The van der Waals surface area contributed by atoms with E-state index in [1.165, 1.54) is 18.2 Å². The standard InChI is InChI=1S/C16H16ClF3N2O3/c1-9-12(10(2)25-22-9)4-6-15(23)21-13-7-11(17)3-5-14(13)24-8-16(18,19)20/h3,5,7H,4,6,8H2,1-2H3,(H,21,23). The normalized spacial score (nSPS) is 11.4. The highest BCUT2D eigenvalue weighted by molar-refractivity contribution is 6.31. The van der Waals surface area contributed by atoms with Crippen LogP contribution in [0.25, 0.3) is 0 Å². The Bertz CT molecular complexity index is 740. The first-order valence-corrected chi connectivity index (χ1v) is 7.74. The number of hydrogen-bond donors (Lipinski definition) is 1. The number of nitrogens with one attached hydrogen (secondary N) is 1. The van der Waals surface area contributed by atoms with Crippen LogP contribution in [0, 0.1) is 13.8 Å². The highest BCUT2D eigenvalue weighted by Crippen LogP contribution is 2.30. The van der Waals surface area contributed by atoms with Crippen LogP contribution in [0.5, 0.6) is 5.75 Å². The molecule has 0 radical (unpaired) electrons. The van der Waals surface area contributed by atoms with Gasteiger partial charge < -0.3 is 14.6 Å². The summed E-state index contributed by atoms with van der Waals surface area (Å²) in [5, 5.41) is 6.59. The number of anilines is 1. The fraction of sp³-hybridized carbons (Fsp3) is 0.375. The number of amides is 1. The number of aromatic nitrogens is 1. The molecular formula is C16H16ClF3N2O3. The second kappa shape index (κ2) is 7.77. The summed E-state index contributed by atoms with van der Waals surface area (Å²) in [6.45, 7) is 2.05. The van der Waals surface area contributed by atoms with E-state index in [2.05, 4.69) is 10.5 Å². The highest BCUT2D eigenvalue weighted by atomic mass is 35.5. The maximum atomic E-state index is 12.3. The van der Waals surface area contributed by atoms with Gasteiger partial charge in [-0.2, -0.15) is 13.2 Å². The molecule has 0 saturated carbocycles. The molecule has 136 valence electrons. The van der Waals surface area contributed by atoms with Crippen molar-refractivity contribution in [2.24, 2.45) is 0 Å². The molecule has 0 saturated heterocycles. The lowest BCUT2D eigenvalue weighted by molar-refractivity contribution is -0.153. The Labute approximate surface area is 147 Å². The van der Waals surface area contributed by atoms with E-state index in [0.717, 1.165) is 5.56 Å². The van der Waals surface area contributed by atoms with Gasteiger partial charge in [-0.05, 0) is 38.5 Å². The Hall–Kier alpha value is -2.22. The van der Waals surface area contributed by atoms with E-state index < -0.39 is 12.8 Å². The van der Waals surface area contributed by atoms with Crippen LogP contribution in [-0.4, -0.2) is 23.8 Å². The molecule has 25 heavy (non-hydrogen) atoms. The van der Waals surface area contributed by atoms with Crippen LogP contribution in [0.1, 0.15) is 23.4 Å². The number of hydrogen-bond acceptors (Lipinski definition) is 4. The number of halogens is 4. The summed E-state index contributed by atoms with van der Waals surface area (Å²) < 4.78 is 46.7. The Morgan fingerprint density at radius 2 is 2.08 bits per heavy atom. The van der Waals surface area contributed by atoms with E-state index in [1.807, 2.05) is 0 Å². The van der Waals surface area contributed by atoms with Crippen molar-refractivity contribution < 1.29 is 27.2 Å². The van der Waals surface area contributed by atoms with Crippen LogP contribution in [0.15, 0.2) is 22.7 Å². The van der Waals surface area contributed by atoms with Crippen molar-refractivity contribution in [3.8, 4) is 5.75 Å². The van der Waals surface area contributed by atoms with Crippen molar-refractivity contribution >= 4 is 23.2 Å². The molecule has 0 aliphatic carbocycles. The maximum Gasteiger partial charge on any atom is 0.422 e. The predicted octanol–water partition coefficient (Wildman–Crippen LogP) is 4.46. The number of benzene rings is 1. The molecule has 0 aliphatic rings. The molecule has 0 atom stereocenters. The van der Waals surface area contributed by atoms with Gasteiger partial charge in [0.15, 0.2) is 6.61 Å². The van der Waals surface area contributed by atoms with Gasteiger partial charge in [-0.25, -0.2) is 0 Å². The molecule has 2 aromatic rings. The number of rotatable bonds is 6. The zero-order valence-corrected chi connectivity index (χ0v) is 14.3. The zero-order valence-electron chi connectivity index (χ0n) is 13.5. The van der Waals surface area contributed by atoms with E-state index in [9.17, 15) is 18.0 Å². The lowest BCUT2D eigenvalue weighted by Crippen LogP contribution is -2.20. The van der Waals surface area contributed by atoms with Crippen LogP contribution < -0.4 is 10.1 Å². The zero-order chi connectivity index (χ0) is 18.6. The SMILES string of the molecule is Cc1noc(C)c1CCC(=O)Nc1cc(Cl)ccc1OCC(F)(F)F. The first-order valence-electron chi connectivity index (χ1n) is 7.36. The average molecular weight is 377 g/mol. The summed E-state index contributed by atoms with van der Waals surface area (Å²) >= 11 is 5.84. The molecule has 2 rings (SSSR count). The van der Waals surface area contributed by atoms with Gasteiger partial charge in [0.05, 0.1) is 11.4 Å². The lowest BCUT2D eigenvalue weighted by atomic mass is 10.1. The topological polar surface area (TPSA) is 64.4 Å². The van der Waals surface area contributed by atoms with Gasteiger partial charge in [0.2, 0.25) is 5.91 Å². The quantitative estimate of drug-likeness (QED) is 0.808. The number of carbonyl (C=O) groups excluding carboxylic acids is 1. The number of nitrogens with zero attached hydrogens (tertiary/aromatic N) is 1. The van der Waals surface area contributed by atoms with Crippen molar-refractivity contribution in [3.63, 3.8) is 0 Å². The van der Waals surface area contributed by atoms with Gasteiger partial charge in [-0.3, -0.25) is 4.79 Å². The van der Waals surface area contributed by atoms with Gasteiger partial charge in [0, 0.05) is 17.0 Å². The monoisotopic (exact) mass is 376 g/mol. The van der Waals surface area contributed by atoms with Crippen molar-refractivity contribution in [2.45, 2.75) is 32.9 Å². The van der Waals surface area contributed by atoms with Crippen LogP contribution >= 0.6 is 11.6 Å². The first-order chi connectivity index (χ1) is 11.7. The van der Waals surface area contributed by atoms with Crippen LogP contribution in [0.4, 0.5) is 18.9 Å². The summed E-state index contributed by atoms with van der Waals surface area (Å²) in [6.07, 6.45) is -3.98. The molecular weight excluding hydrogens is 361 g/mol. The molecule has 0 fully saturated rings. The predicted molar refractivity (Wildman–Crippen MR) is 85.9 cm³/mol. The second-order valence-electron chi connectivity index (χ2n) is 5.40. The van der Waals surface area contributed by atoms with E-state index in [0.29, 0.717) is 17.9 Å². The van der Waals surface area contributed by atoms with E-state index >= 15 is 0 Å². The summed E-state index contributed by atoms with van der Waals surface area (Å²) in [6, 6.07) is 3.99. The maximum absolute atomic E-state index is 12.3. The molecule has 0 aliphatic heterocycles. The molecule has 5 nitrogen and oxygen atoms in total. The van der Waals surface area contributed by atoms with Gasteiger partial charge in [0.25, 0.3) is 0 Å². The average Bonchev–Trinajstić information content (AvgIpc) is 2.82.